The van der Waals surface area contributed by atoms with Crippen LogP contribution in [0.2, 0.25) is 0 Å². The largest absolute Gasteiger partial charge is 0.462 e. The number of hydrogen-bond acceptors (Lipinski definition) is 5. The molecule has 0 amide bonds. The van der Waals surface area contributed by atoms with Gasteiger partial charge in [-0.3, -0.25) is 4.79 Å². The van der Waals surface area contributed by atoms with E-state index in [0.29, 0.717) is 17.1 Å². The third kappa shape index (κ3) is 2.93. The molecule has 0 spiro atoms. The van der Waals surface area contributed by atoms with E-state index >= 15 is 0 Å². The van der Waals surface area contributed by atoms with Crippen LogP contribution in [-0.2, 0) is 14.3 Å². The van der Waals surface area contributed by atoms with E-state index in [1.165, 1.54) is 13.0 Å². The minimum Gasteiger partial charge on any atom is -0.462 e. The van der Waals surface area contributed by atoms with Crippen LogP contribution in [0.25, 0.3) is 6.08 Å². The van der Waals surface area contributed by atoms with Crippen LogP contribution in [0.3, 0.4) is 0 Å². The molecule has 0 N–H and O–H groups in total. The van der Waals surface area contributed by atoms with Crippen molar-refractivity contribution < 1.29 is 23.8 Å². The molecular formula is C14H14O5. The predicted octanol–water partition coefficient (Wildman–Crippen LogP) is 1.95. The Morgan fingerprint density at radius 1 is 1.32 bits per heavy atom. The van der Waals surface area contributed by atoms with Crippen LogP contribution in [0.1, 0.15) is 19.4 Å². The van der Waals surface area contributed by atoms with Gasteiger partial charge in [0.05, 0.1) is 6.61 Å². The van der Waals surface area contributed by atoms with E-state index in [0.717, 1.165) is 0 Å². The first-order chi connectivity index (χ1) is 9.11. The first-order valence-electron chi connectivity index (χ1n) is 5.91. The van der Waals surface area contributed by atoms with Crippen molar-refractivity contribution in [3.8, 4) is 11.5 Å². The van der Waals surface area contributed by atoms with E-state index in [4.69, 9.17) is 14.2 Å². The minimum absolute atomic E-state index is 0.0146. The van der Waals surface area contributed by atoms with E-state index < -0.39 is 5.97 Å². The van der Waals surface area contributed by atoms with Crippen molar-refractivity contribution in [2.75, 3.05) is 13.4 Å². The lowest BCUT2D eigenvalue weighted by molar-refractivity contribution is -0.139. The van der Waals surface area contributed by atoms with Crippen molar-refractivity contribution in [2.45, 2.75) is 13.8 Å². The molecule has 0 atom stereocenters. The molecule has 1 aromatic rings. The standard InChI is InChI=1S/C14H14O5/c1-3-17-14(16)11(9(2)15)6-10-4-5-12-13(7-10)19-8-18-12/h4-7H,3,8H2,1-2H3/b11-6+. The van der Waals surface area contributed by atoms with E-state index in [1.54, 1.807) is 25.1 Å². The van der Waals surface area contributed by atoms with Crippen molar-refractivity contribution >= 4 is 17.8 Å². The molecule has 1 heterocycles. The fourth-order valence-electron chi connectivity index (χ4n) is 1.68. The average molecular weight is 262 g/mol. The Morgan fingerprint density at radius 3 is 2.74 bits per heavy atom. The molecular weight excluding hydrogens is 248 g/mol. The number of Topliss-reactive ketones (excluding diaryl/α,β-unsaturated/α-hetero) is 1. The third-order valence-corrected chi connectivity index (χ3v) is 2.58. The lowest BCUT2D eigenvalue weighted by atomic mass is 10.1. The van der Waals surface area contributed by atoms with Crippen molar-refractivity contribution in [3.63, 3.8) is 0 Å². The average Bonchev–Trinajstić information content (AvgIpc) is 2.83. The Bertz CT molecular complexity index is 545. The maximum absolute atomic E-state index is 11.7. The number of carbonyl (C=O) groups excluding carboxylic acids is 2. The van der Waals surface area contributed by atoms with Crippen molar-refractivity contribution in [3.05, 3.63) is 29.3 Å². The Balaban J connectivity index is 2.31. The molecule has 0 aliphatic carbocycles. The molecule has 0 saturated carbocycles. The zero-order valence-electron chi connectivity index (χ0n) is 10.8. The normalized spacial score (nSPS) is 13.3. The number of esters is 1. The fourth-order valence-corrected chi connectivity index (χ4v) is 1.68. The van der Waals surface area contributed by atoms with Gasteiger partial charge in [0, 0.05) is 0 Å². The number of carbonyl (C=O) groups is 2. The summed E-state index contributed by atoms with van der Waals surface area (Å²) < 4.78 is 15.3. The molecule has 5 nitrogen and oxygen atoms in total. The maximum atomic E-state index is 11.7. The summed E-state index contributed by atoms with van der Waals surface area (Å²) in [6.07, 6.45) is 1.49. The highest BCUT2D eigenvalue weighted by atomic mass is 16.7. The molecule has 0 aromatic heterocycles. The summed E-state index contributed by atoms with van der Waals surface area (Å²) in [5, 5.41) is 0. The molecule has 0 fully saturated rings. The SMILES string of the molecule is CCOC(=O)/C(=C/c1ccc2c(c1)OCO2)C(C)=O. The van der Waals surface area contributed by atoms with Gasteiger partial charge >= 0.3 is 5.97 Å². The van der Waals surface area contributed by atoms with Gasteiger partial charge in [0.2, 0.25) is 6.79 Å². The summed E-state index contributed by atoms with van der Waals surface area (Å²) in [5.74, 6) is 0.293. The number of hydrogen-bond donors (Lipinski definition) is 0. The molecule has 2 rings (SSSR count). The summed E-state index contributed by atoms with van der Waals surface area (Å²) >= 11 is 0. The fraction of sp³-hybridized carbons (Fsp3) is 0.286. The molecule has 0 bridgehead atoms. The van der Waals surface area contributed by atoms with E-state index in [-0.39, 0.29) is 24.8 Å². The Labute approximate surface area is 110 Å². The van der Waals surface area contributed by atoms with Crippen LogP contribution in [-0.4, -0.2) is 25.2 Å². The number of benzene rings is 1. The van der Waals surface area contributed by atoms with Gasteiger partial charge in [-0.15, -0.1) is 0 Å². The van der Waals surface area contributed by atoms with Gasteiger partial charge in [-0.05, 0) is 37.6 Å². The van der Waals surface area contributed by atoms with E-state index in [1.807, 2.05) is 0 Å². The van der Waals surface area contributed by atoms with Crippen molar-refractivity contribution in [1.29, 1.82) is 0 Å². The molecule has 5 heteroatoms. The Kier molecular flexibility index (Phi) is 3.85. The van der Waals surface area contributed by atoms with Crippen LogP contribution in [0.5, 0.6) is 11.5 Å². The second-order valence-electron chi connectivity index (χ2n) is 3.95. The highest BCUT2D eigenvalue weighted by Gasteiger charge is 2.17. The summed E-state index contributed by atoms with van der Waals surface area (Å²) in [6, 6.07) is 5.19. The number of fused-ring (bicyclic) bond motifs is 1. The first-order valence-corrected chi connectivity index (χ1v) is 5.91. The number of rotatable bonds is 4. The first kappa shape index (κ1) is 13.1. The van der Waals surface area contributed by atoms with Gasteiger partial charge in [-0.1, -0.05) is 6.07 Å². The Hall–Kier alpha value is -2.30. The zero-order chi connectivity index (χ0) is 13.8. The quantitative estimate of drug-likeness (QED) is 0.359. The summed E-state index contributed by atoms with van der Waals surface area (Å²) in [6.45, 7) is 3.43. The van der Waals surface area contributed by atoms with Crippen molar-refractivity contribution in [1.82, 2.24) is 0 Å². The second kappa shape index (κ2) is 5.56. The highest BCUT2D eigenvalue weighted by molar-refractivity contribution is 6.19. The van der Waals surface area contributed by atoms with E-state index in [9.17, 15) is 9.59 Å². The molecule has 1 aliphatic heterocycles. The monoisotopic (exact) mass is 262 g/mol. The van der Waals surface area contributed by atoms with Gasteiger partial charge in [0.25, 0.3) is 0 Å². The van der Waals surface area contributed by atoms with Crippen LogP contribution < -0.4 is 9.47 Å². The van der Waals surface area contributed by atoms with Crippen molar-refractivity contribution in [2.24, 2.45) is 0 Å². The maximum Gasteiger partial charge on any atom is 0.341 e. The van der Waals surface area contributed by atoms with Gasteiger partial charge in [-0.25, -0.2) is 4.79 Å². The van der Waals surface area contributed by atoms with E-state index in [2.05, 4.69) is 0 Å². The predicted molar refractivity (Wildman–Crippen MR) is 67.9 cm³/mol. The smallest absolute Gasteiger partial charge is 0.341 e. The van der Waals surface area contributed by atoms with Gasteiger partial charge in [0.15, 0.2) is 17.3 Å². The van der Waals surface area contributed by atoms with Gasteiger partial charge in [-0.2, -0.15) is 0 Å². The summed E-state index contributed by atoms with van der Waals surface area (Å²) in [4.78, 5) is 23.1. The van der Waals surface area contributed by atoms with Gasteiger partial charge in [0.1, 0.15) is 5.57 Å². The third-order valence-electron chi connectivity index (χ3n) is 2.58. The lowest BCUT2D eigenvalue weighted by Crippen LogP contribution is -2.13. The highest BCUT2D eigenvalue weighted by Crippen LogP contribution is 2.33. The molecule has 0 saturated heterocycles. The molecule has 1 aromatic carbocycles. The number of ketones is 1. The zero-order valence-corrected chi connectivity index (χ0v) is 10.8. The summed E-state index contributed by atoms with van der Waals surface area (Å²) in [5.41, 5.74) is 0.697. The Morgan fingerprint density at radius 2 is 2.05 bits per heavy atom. The van der Waals surface area contributed by atoms with Gasteiger partial charge < -0.3 is 14.2 Å². The molecule has 1 aliphatic rings. The lowest BCUT2D eigenvalue weighted by Gasteiger charge is -2.04. The molecule has 100 valence electrons. The second-order valence-corrected chi connectivity index (χ2v) is 3.95. The summed E-state index contributed by atoms with van der Waals surface area (Å²) in [7, 11) is 0. The minimum atomic E-state index is -0.618. The van der Waals surface area contributed by atoms with Crippen LogP contribution >= 0.6 is 0 Å². The molecule has 19 heavy (non-hydrogen) atoms. The van der Waals surface area contributed by atoms with Crippen LogP contribution in [0.4, 0.5) is 0 Å². The topological polar surface area (TPSA) is 61.8 Å². The van der Waals surface area contributed by atoms with Crippen LogP contribution in [0.15, 0.2) is 23.8 Å². The molecule has 0 unspecified atom stereocenters. The number of ether oxygens (including phenoxy) is 3. The molecule has 0 radical (unpaired) electrons. The van der Waals surface area contributed by atoms with Crippen LogP contribution in [0, 0.1) is 0 Å².